The van der Waals surface area contributed by atoms with E-state index in [2.05, 4.69) is 31.4 Å². The molecule has 0 spiro atoms. The normalized spacial score (nSPS) is 24.3. The maximum atomic E-state index is 12.5. The van der Waals surface area contributed by atoms with Gasteiger partial charge in [-0.2, -0.15) is 0 Å². The van der Waals surface area contributed by atoms with Crippen molar-refractivity contribution in [3.63, 3.8) is 0 Å². The number of hydrogen-bond acceptors (Lipinski definition) is 2. The van der Waals surface area contributed by atoms with Crippen molar-refractivity contribution in [3.8, 4) is 0 Å². The molecule has 3 N–H and O–H groups in total. The van der Waals surface area contributed by atoms with Crippen LogP contribution in [-0.2, 0) is 11.2 Å². The number of carbonyl (C=O) groups excluding carboxylic acids is 1. The minimum absolute atomic E-state index is 0.0877. The van der Waals surface area contributed by atoms with Crippen molar-refractivity contribution in [2.45, 2.75) is 78.7 Å². The standard InChI is InChI=1S/C20H30N2O3.C2H6/c1-4-20(12-14(2)10-15(3)13-20)22-19(25)21-17-7-5-6-16(11-17)8-9-18(23)24;1-2/h5-7,11,14-15H,4,8-10,12-13H2,1-3H3,(H,23,24)(H2,21,22,25);1-2H3. The Hall–Kier alpha value is -2.04. The lowest BCUT2D eigenvalue weighted by Gasteiger charge is -2.43. The summed E-state index contributed by atoms with van der Waals surface area (Å²) in [4.78, 5) is 23.2. The molecule has 2 atom stereocenters. The summed E-state index contributed by atoms with van der Waals surface area (Å²) in [5.74, 6) is 0.410. The molecule has 1 aromatic rings. The molecular weight excluding hydrogens is 340 g/mol. The molecule has 2 rings (SSSR count). The summed E-state index contributed by atoms with van der Waals surface area (Å²) < 4.78 is 0. The van der Waals surface area contributed by atoms with Gasteiger partial charge in [0.15, 0.2) is 0 Å². The minimum atomic E-state index is -0.818. The number of carboxylic acid groups (broad SMARTS) is 1. The van der Waals surface area contributed by atoms with Crippen molar-refractivity contribution in [1.82, 2.24) is 5.32 Å². The quantitative estimate of drug-likeness (QED) is 0.617. The molecule has 0 bridgehead atoms. The molecule has 0 aromatic heterocycles. The highest BCUT2D eigenvalue weighted by atomic mass is 16.4. The first-order valence-corrected chi connectivity index (χ1v) is 10.2. The van der Waals surface area contributed by atoms with Gasteiger partial charge in [0.1, 0.15) is 0 Å². The molecule has 1 saturated carbocycles. The second-order valence-electron chi connectivity index (χ2n) is 7.66. The van der Waals surface area contributed by atoms with Gasteiger partial charge in [-0.25, -0.2) is 4.79 Å². The molecule has 1 fully saturated rings. The summed E-state index contributed by atoms with van der Waals surface area (Å²) in [5, 5.41) is 14.9. The van der Waals surface area contributed by atoms with Crippen LogP contribution in [0.15, 0.2) is 24.3 Å². The van der Waals surface area contributed by atoms with Crippen LogP contribution < -0.4 is 10.6 Å². The van der Waals surface area contributed by atoms with E-state index in [0.29, 0.717) is 23.9 Å². The fraction of sp³-hybridized carbons (Fsp3) is 0.636. The minimum Gasteiger partial charge on any atom is -0.481 e. The van der Waals surface area contributed by atoms with E-state index >= 15 is 0 Å². The molecule has 0 saturated heterocycles. The first-order chi connectivity index (χ1) is 12.8. The second kappa shape index (κ2) is 11.0. The summed E-state index contributed by atoms with van der Waals surface area (Å²) in [6.45, 7) is 10.6. The molecule has 0 radical (unpaired) electrons. The highest BCUT2D eigenvalue weighted by molar-refractivity contribution is 5.89. The van der Waals surface area contributed by atoms with Crippen LogP contribution in [0.3, 0.4) is 0 Å². The van der Waals surface area contributed by atoms with Crippen LogP contribution in [0.4, 0.5) is 10.5 Å². The smallest absolute Gasteiger partial charge is 0.319 e. The largest absolute Gasteiger partial charge is 0.481 e. The van der Waals surface area contributed by atoms with E-state index in [9.17, 15) is 9.59 Å². The number of anilines is 1. The molecule has 2 amide bonds. The SMILES string of the molecule is CC.CCC1(NC(=O)Nc2cccc(CCC(=O)O)c2)CC(C)CC(C)C1. The zero-order chi connectivity index (χ0) is 20.4. The Kier molecular flexibility index (Phi) is 9.33. The first kappa shape index (κ1) is 23.0. The van der Waals surface area contributed by atoms with E-state index in [1.807, 2.05) is 38.1 Å². The summed E-state index contributed by atoms with van der Waals surface area (Å²) in [6.07, 6.45) is 4.72. The Morgan fingerprint density at radius 1 is 1.19 bits per heavy atom. The van der Waals surface area contributed by atoms with Gasteiger partial charge in [0.25, 0.3) is 0 Å². The summed E-state index contributed by atoms with van der Waals surface area (Å²) in [7, 11) is 0. The Morgan fingerprint density at radius 2 is 1.81 bits per heavy atom. The molecule has 1 aliphatic rings. The zero-order valence-electron chi connectivity index (χ0n) is 17.5. The summed E-state index contributed by atoms with van der Waals surface area (Å²) >= 11 is 0. The van der Waals surface area contributed by atoms with Gasteiger partial charge < -0.3 is 15.7 Å². The van der Waals surface area contributed by atoms with Gasteiger partial charge >= 0.3 is 12.0 Å². The van der Waals surface area contributed by atoms with Crippen molar-refractivity contribution in [3.05, 3.63) is 29.8 Å². The van der Waals surface area contributed by atoms with Gasteiger partial charge in [-0.05, 0) is 61.6 Å². The van der Waals surface area contributed by atoms with E-state index in [0.717, 1.165) is 24.8 Å². The van der Waals surface area contributed by atoms with Crippen LogP contribution in [0, 0.1) is 11.8 Å². The highest BCUT2D eigenvalue weighted by Gasteiger charge is 2.37. The van der Waals surface area contributed by atoms with Crippen molar-refractivity contribution in [1.29, 1.82) is 0 Å². The monoisotopic (exact) mass is 376 g/mol. The predicted molar refractivity (Wildman–Crippen MR) is 111 cm³/mol. The Balaban J connectivity index is 0.00000176. The lowest BCUT2D eigenvalue weighted by Crippen LogP contribution is -2.53. The van der Waals surface area contributed by atoms with Crippen molar-refractivity contribution < 1.29 is 14.7 Å². The van der Waals surface area contributed by atoms with Crippen LogP contribution >= 0.6 is 0 Å². The van der Waals surface area contributed by atoms with E-state index in [1.54, 1.807) is 0 Å². The number of aliphatic carboxylic acids is 1. The van der Waals surface area contributed by atoms with Gasteiger partial charge in [-0.1, -0.05) is 46.8 Å². The van der Waals surface area contributed by atoms with E-state index in [1.165, 1.54) is 6.42 Å². The summed E-state index contributed by atoms with van der Waals surface area (Å²) in [5.41, 5.74) is 1.47. The predicted octanol–water partition coefficient (Wildman–Crippen LogP) is 5.46. The van der Waals surface area contributed by atoms with Crippen LogP contribution in [0.1, 0.15) is 72.3 Å². The summed E-state index contributed by atoms with van der Waals surface area (Å²) in [6, 6.07) is 7.21. The van der Waals surface area contributed by atoms with Gasteiger partial charge in [0, 0.05) is 17.6 Å². The van der Waals surface area contributed by atoms with Crippen molar-refractivity contribution in [2.75, 3.05) is 5.32 Å². The number of benzene rings is 1. The number of rotatable bonds is 6. The van der Waals surface area contributed by atoms with Gasteiger partial charge in [0.05, 0.1) is 0 Å². The first-order valence-electron chi connectivity index (χ1n) is 10.2. The molecule has 27 heavy (non-hydrogen) atoms. The molecule has 0 heterocycles. The third-order valence-corrected chi connectivity index (χ3v) is 5.15. The Labute approximate surface area is 163 Å². The number of carbonyl (C=O) groups is 2. The van der Waals surface area contributed by atoms with E-state index in [4.69, 9.17) is 5.11 Å². The maximum absolute atomic E-state index is 12.5. The third kappa shape index (κ3) is 7.61. The van der Waals surface area contributed by atoms with Gasteiger partial charge in [0.2, 0.25) is 0 Å². The average Bonchev–Trinajstić information content (AvgIpc) is 2.61. The highest BCUT2D eigenvalue weighted by Crippen LogP contribution is 2.38. The molecule has 2 unspecified atom stereocenters. The molecular formula is C22H36N2O3. The van der Waals surface area contributed by atoms with Crippen LogP contribution in [0.5, 0.6) is 0 Å². The fourth-order valence-electron chi connectivity index (χ4n) is 4.21. The topological polar surface area (TPSA) is 78.4 Å². The molecule has 1 aliphatic carbocycles. The maximum Gasteiger partial charge on any atom is 0.319 e. The van der Waals surface area contributed by atoms with Crippen molar-refractivity contribution >= 4 is 17.7 Å². The van der Waals surface area contributed by atoms with Crippen LogP contribution in [0.2, 0.25) is 0 Å². The zero-order valence-corrected chi connectivity index (χ0v) is 17.5. The Bertz CT molecular complexity index is 605. The molecule has 152 valence electrons. The molecule has 0 aliphatic heterocycles. The second-order valence-corrected chi connectivity index (χ2v) is 7.66. The number of aryl methyl sites for hydroxylation is 1. The number of amides is 2. The lowest BCUT2D eigenvalue weighted by molar-refractivity contribution is -0.136. The average molecular weight is 377 g/mol. The van der Waals surface area contributed by atoms with Crippen LogP contribution in [-0.4, -0.2) is 22.6 Å². The fourth-order valence-corrected chi connectivity index (χ4v) is 4.21. The number of urea groups is 1. The van der Waals surface area contributed by atoms with E-state index < -0.39 is 5.97 Å². The van der Waals surface area contributed by atoms with Crippen LogP contribution in [0.25, 0.3) is 0 Å². The van der Waals surface area contributed by atoms with E-state index in [-0.39, 0.29) is 18.0 Å². The lowest BCUT2D eigenvalue weighted by atomic mass is 9.70. The third-order valence-electron chi connectivity index (χ3n) is 5.15. The van der Waals surface area contributed by atoms with Gasteiger partial charge in [-0.15, -0.1) is 0 Å². The number of carboxylic acids is 1. The van der Waals surface area contributed by atoms with Crippen molar-refractivity contribution in [2.24, 2.45) is 11.8 Å². The molecule has 5 heteroatoms. The molecule has 1 aromatic carbocycles. The number of hydrogen-bond donors (Lipinski definition) is 3. The number of nitrogens with one attached hydrogen (secondary N) is 2. The Morgan fingerprint density at radius 3 is 2.37 bits per heavy atom. The van der Waals surface area contributed by atoms with Gasteiger partial charge in [-0.3, -0.25) is 4.79 Å². The molecule has 5 nitrogen and oxygen atoms in total.